The first kappa shape index (κ1) is 48.7. The van der Waals surface area contributed by atoms with Crippen molar-refractivity contribution in [3.05, 3.63) is 78.4 Å². The molecule has 0 spiro atoms. The van der Waals surface area contributed by atoms with E-state index in [1.807, 2.05) is 46.8 Å². The van der Waals surface area contributed by atoms with Crippen LogP contribution in [0.25, 0.3) is 0 Å². The molecule has 4 aromatic carbocycles. The van der Waals surface area contributed by atoms with Gasteiger partial charge in [0.05, 0.1) is 58.6 Å². The van der Waals surface area contributed by atoms with Gasteiger partial charge in [0.1, 0.15) is 17.1 Å². The summed E-state index contributed by atoms with van der Waals surface area (Å²) in [4.78, 5) is 19.3. The minimum absolute atomic E-state index is 0.0242. The largest absolute Gasteiger partial charge is 0.494 e. The van der Waals surface area contributed by atoms with E-state index in [-0.39, 0.29) is 65.3 Å². The van der Waals surface area contributed by atoms with E-state index in [0.29, 0.717) is 60.4 Å². The molecular weight excluding hydrogens is 869 g/mol. The second-order valence-corrected chi connectivity index (χ2v) is 16.7. The van der Waals surface area contributed by atoms with Crippen molar-refractivity contribution in [1.82, 2.24) is 15.0 Å². The van der Waals surface area contributed by atoms with Crippen LogP contribution < -0.4 is 30.1 Å². The number of aliphatic hydroxyl groups excluding tert-OH is 2. The van der Waals surface area contributed by atoms with Crippen LogP contribution in [0.3, 0.4) is 0 Å². The van der Waals surface area contributed by atoms with Crippen molar-refractivity contribution < 1.29 is 40.9 Å². The van der Waals surface area contributed by atoms with Crippen LogP contribution in [0.4, 0.5) is 63.3 Å². The van der Waals surface area contributed by atoms with Crippen LogP contribution in [-0.2, 0) is 20.2 Å². The lowest BCUT2D eigenvalue weighted by molar-refractivity contribution is 0.280. The molecule has 0 aliphatic rings. The second kappa shape index (κ2) is 21.8. The SMILES string of the molecule is CCN(CC)c1cc(Nc2nc(Nc3cc(N(CC)CC)c(OC)cc3/N=N/c3ccc(S(=O)(=O)O)cc3)nc(N(CCO)CCO)n2)c(/N=N/c2ccc(S(=O)(=O)O)cc2)cc1C. The predicted molar refractivity (Wildman–Crippen MR) is 245 cm³/mol. The summed E-state index contributed by atoms with van der Waals surface area (Å²) in [5.74, 6) is 0.647. The third-order valence-corrected chi connectivity index (χ3v) is 11.5. The minimum Gasteiger partial charge on any atom is -0.494 e. The van der Waals surface area contributed by atoms with Crippen LogP contribution >= 0.6 is 0 Å². The van der Waals surface area contributed by atoms with Crippen molar-refractivity contribution in [3.8, 4) is 5.75 Å². The van der Waals surface area contributed by atoms with Crippen molar-refractivity contribution in [3.63, 3.8) is 0 Å². The first-order valence-electron chi connectivity index (χ1n) is 20.2. The molecule has 0 aliphatic heterocycles. The number of ether oxygens (including phenoxy) is 1. The Balaban J connectivity index is 1.66. The summed E-state index contributed by atoms with van der Waals surface area (Å²) in [6, 6.07) is 17.6. The van der Waals surface area contributed by atoms with Crippen molar-refractivity contribution in [2.24, 2.45) is 20.5 Å². The summed E-state index contributed by atoms with van der Waals surface area (Å²) in [6.07, 6.45) is 0. The Morgan fingerprint density at radius 2 is 1.02 bits per heavy atom. The number of methoxy groups -OCH3 is 1. The van der Waals surface area contributed by atoms with E-state index >= 15 is 0 Å². The standard InChI is InChI=1S/C41H52N12O9S2/c1-7-51(8-2)36-24-32(34(23-27(36)5)49-47-28-11-15-30(16-12-28)63(56,57)58)42-39-44-40(46-41(45-39)53(19-21-54)20-22-55)43-33-25-37(52(9-3)10-4)38(62-6)26-35(33)50-48-29-13-17-31(18-14-29)64(59,60)61/h11-18,23-26,54-55H,7-10,19-22H2,1-6H3,(H,56,57,58)(H,59,60,61)(H2,42,43,44,45,46)/b49-47+,50-48+. The number of hydrogen-bond donors (Lipinski definition) is 6. The summed E-state index contributed by atoms with van der Waals surface area (Å²) >= 11 is 0. The molecule has 342 valence electrons. The van der Waals surface area contributed by atoms with Gasteiger partial charge in [-0.2, -0.15) is 42.0 Å². The topological polar surface area (TPSA) is 280 Å². The lowest BCUT2D eigenvalue weighted by atomic mass is 10.1. The third-order valence-electron chi connectivity index (χ3n) is 9.77. The van der Waals surface area contributed by atoms with Crippen molar-refractivity contribution in [2.75, 3.05) is 84.9 Å². The van der Waals surface area contributed by atoms with Gasteiger partial charge in [-0.25, -0.2) is 0 Å². The third kappa shape index (κ3) is 12.4. The molecule has 0 bridgehead atoms. The van der Waals surface area contributed by atoms with Crippen LogP contribution in [0.2, 0.25) is 0 Å². The van der Waals surface area contributed by atoms with Gasteiger partial charge in [0, 0.05) is 51.0 Å². The molecule has 0 saturated heterocycles. The molecular formula is C41H52N12O9S2. The van der Waals surface area contributed by atoms with Gasteiger partial charge in [0.15, 0.2) is 0 Å². The molecule has 0 unspecified atom stereocenters. The van der Waals surface area contributed by atoms with E-state index in [9.17, 15) is 36.2 Å². The predicted octanol–water partition coefficient (Wildman–Crippen LogP) is 7.48. The lowest BCUT2D eigenvalue weighted by Crippen LogP contribution is -2.31. The van der Waals surface area contributed by atoms with Gasteiger partial charge in [0.25, 0.3) is 20.2 Å². The van der Waals surface area contributed by atoms with Crippen LogP contribution in [0, 0.1) is 6.92 Å². The average molecular weight is 921 g/mol. The molecule has 0 atom stereocenters. The fourth-order valence-electron chi connectivity index (χ4n) is 6.49. The fraction of sp³-hybridized carbons (Fsp3) is 0.341. The zero-order valence-corrected chi connectivity index (χ0v) is 37.8. The Bertz CT molecular complexity index is 2660. The van der Waals surface area contributed by atoms with Crippen molar-refractivity contribution in [2.45, 2.75) is 44.4 Å². The maximum Gasteiger partial charge on any atom is 0.294 e. The summed E-state index contributed by atoms with van der Waals surface area (Å²) in [7, 11) is -7.31. The molecule has 5 aromatic rings. The average Bonchev–Trinajstić information content (AvgIpc) is 3.26. The van der Waals surface area contributed by atoms with E-state index < -0.39 is 20.2 Å². The zero-order chi connectivity index (χ0) is 46.6. The number of anilines is 7. The van der Waals surface area contributed by atoms with E-state index in [2.05, 4.69) is 45.9 Å². The van der Waals surface area contributed by atoms with Crippen LogP contribution in [-0.4, -0.2) is 111 Å². The highest BCUT2D eigenvalue weighted by Gasteiger charge is 2.20. The number of nitrogens with one attached hydrogen (secondary N) is 2. The lowest BCUT2D eigenvalue weighted by Gasteiger charge is -2.25. The van der Waals surface area contributed by atoms with Crippen molar-refractivity contribution >= 4 is 83.6 Å². The molecule has 0 fully saturated rings. The molecule has 5 rings (SSSR count). The first-order chi connectivity index (χ1) is 30.5. The number of aryl methyl sites for hydroxylation is 1. The smallest absolute Gasteiger partial charge is 0.294 e. The molecule has 0 amide bonds. The van der Waals surface area contributed by atoms with Gasteiger partial charge in [-0.15, -0.1) is 10.2 Å². The van der Waals surface area contributed by atoms with E-state index in [1.165, 1.54) is 55.6 Å². The number of azo groups is 2. The Kier molecular flexibility index (Phi) is 16.6. The van der Waals surface area contributed by atoms with Crippen molar-refractivity contribution in [1.29, 1.82) is 0 Å². The Labute approximate surface area is 372 Å². The number of aromatic nitrogens is 3. The van der Waals surface area contributed by atoms with Crippen LogP contribution in [0.1, 0.15) is 33.3 Å². The molecule has 21 nitrogen and oxygen atoms in total. The molecule has 0 saturated carbocycles. The molecule has 1 heterocycles. The number of aliphatic hydroxyl groups is 2. The molecule has 23 heteroatoms. The normalized spacial score (nSPS) is 11.9. The van der Waals surface area contributed by atoms with Gasteiger partial charge in [0.2, 0.25) is 17.8 Å². The van der Waals surface area contributed by atoms with Gasteiger partial charge >= 0.3 is 0 Å². The summed E-state index contributed by atoms with van der Waals surface area (Å²) < 4.78 is 71.1. The quantitative estimate of drug-likeness (QED) is 0.0290. The molecule has 6 N–H and O–H groups in total. The highest BCUT2D eigenvalue weighted by atomic mass is 32.2. The first-order valence-corrected chi connectivity index (χ1v) is 23.0. The fourth-order valence-corrected chi connectivity index (χ4v) is 7.45. The van der Waals surface area contributed by atoms with E-state index in [1.54, 1.807) is 17.0 Å². The number of benzene rings is 4. The number of hydrogen-bond acceptors (Lipinski definition) is 19. The highest BCUT2D eigenvalue weighted by molar-refractivity contribution is 7.86. The van der Waals surface area contributed by atoms with Gasteiger partial charge in [-0.3, -0.25) is 9.11 Å². The van der Waals surface area contributed by atoms with Gasteiger partial charge in [-0.05, 0) is 107 Å². The Morgan fingerprint density at radius 3 is 1.42 bits per heavy atom. The Morgan fingerprint density at radius 1 is 0.594 bits per heavy atom. The second-order valence-electron chi connectivity index (χ2n) is 13.8. The Hall–Kier alpha value is -6.37. The summed E-state index contributed by atoms with van der Waals surface area (Å²) in [5, 5.41) is 44.1. The van der Waals surface area contributed by atoms with Gasteiger partial charge < -0.3 is 40.3 Å². The maximum absolute atomic E-state index is 11.6. The molecule has 1 aromatic heterocycles. The zero-order valence-electron chi connectivity index (χ0n) is 36.2. The molecule has 0 radical (unpaired) electrons. The van der Waals surface area contributed by atoms with Crippen LogP contribution in [0.5, 0.6) is 5.75 Å². The monoisotopic (exact) mass is 920 g/mol. The maximum atomic E-state index is 11.6. The summed E-state index contributed by atoms with van der Waals surface area (Å²) in [5.41, 5.74) is 4.57. The highest BCUT2D eigenvalue weighted by Crippen LogP contribution is 2.41. The molecule has 0 aliphatic carbocycles. The number of rotatable bonds is 22. The minimum atomic E-state index is -4.42. The number of nitrogens with zero attached hydrogens (tertiary/aromatic N) is 10. The summed E-state index contributed by atoms with van der Waals surface area (Å²) in [6.45, 7) is 12.3. The molecule has 64 heavy (non-hydrogen) atoms. The van der Waals surface area contributed by atoms with E-state index in [0.717, 1.165) is 11.3 Å². The van der Waals surface area contributed by atoms with Gasteiger partial charge in [-0.1, -0.05) is 0 Å². The van der Waals surface area contributed by atoms with Crippen LogP contribution in [0.15, 0.2) is 103 Å². The van der Waals surface area contributed by atoms with E-state index in [4.69, 9.17) is 14.7 Å².